The van der Waals surface area contributed by atoms with Gasteiger partial charge < -0.3 is 9.42 Å². The van der Waals surface area contributed by atoms with Crippen LogP contribution in [0.4, 0.5) is 4.39 Å². The minimum atomic E-state index is -0.400. The van der Waals surface area contributed by atoms with Crippen LogP contribution in [0.5, 0.6) is 0 Å². The molecule has 2 heterocycles. The lowest BCUT2D eigenvalue weighted by Crippen LogP contribution is -2.32. The molecule has 0 unspecified atom stereocenters. The molecule has 0 radical (unpaired) electrons. The summed E-state index contributed by atoms with van der Waals surface area (Å²) in [5.74, 6) is 0.439. The number of nitrogens with zero attached hydrogens (tertiary/aromatic N) is 2. The number of hydrogen-bond donors (Lipinski definition) is 0. The monoisotopic (exact) mass is 350 g/mol. The zero-order chi connectivity index (χ0) is 17.3. The average Bonchev–Trinajstić information content (AvgIpc) is 3.15. The number of carbonyl (C=O) groups is 1. The summed E-state index contributed by atoms with van der Waals surface area (Å²) >= 11 is 6.05. The van der Waals surface area contributed by atoms with Crippen LogP contribution in [0.1, 0.15) is 48.4 Å². The number of aryl methyl sites for hydroxylation is 2. The van der Waals surface area contributed by atoms with Gasteiger partial charge in [-0.25, -0.2) is 4.39 Å². The second-order valence-corrected chi connectivity index (χ2v) is 6.52. The highest BCUT2D eigenvalue weighted by Gasteiger charge is 2.34. The van der Waals surface area contributed by atoms with E-state index in [1.807, 2.05) is 18.7 Å². The Kier molecular flexibility index (Phi) is 4.90. The highest BCUT2D eigenvalue weighted by Crippen LogP contribution is 2.36. The second kappa shape index (κ2) is 6.93. The van der Waals surface area contributed by atoms with Crippen LogP contribution in [0.15, 0.2) is 22.7 Å². The number of halogens is 2. The Morgan fingerprint density at radius 2 is 2.29 bits per heavy atom. The van der Waals surface area contributed by atoms with Crippen molar-refractivity contribution >= 4 is 17.5 Å². The summed E-state index contributed by atoms with van der Waals surface area (Å²) in [4.78, 5) is 14.7. The molecule has 24 heavy (non-hydrogen) atoms. The number of aromatic nitrogens is 1. The van der Waals surface area contributed by atoms with E-state index < -0.39 is 5.82 Å². The molecule has 0 N–H and O–H groups in total. The van der Waals surface area contributed by atoms with Gasteiger partial charge in [-0.15, -0.1) is 0 Å². The second-order valence-electron chi connectivity index (χ2n) is 6.12. The Bertz CT molecular complexity index is 759. The van der Waals surface area contributed by atoms with Crippen molar-refractivity contribution in [2.45, 2.75) is 45.6 Å². The predicted molar refractivity (Wildman–Crippen MR) is 89.4 cm³/mol. The Morgan fingerprint density at radius 3 is 3.00 bits per heavy atom. The van der Waals surface area contributed by atoms with Gasteiger partial charge in [-0.3, -0.25) is 4.79 Å². The molecule has 1 saturated heterocycles. The molecule has 0 bridgehead atoms. The number of rotatable bonds is 4. The standard InChI is InChI=1S/C18H20ClFN2O2/c1-3-16-18(11(2)21-24-16)15-5-4-8-22(15)17(23)9-12-6-7-13(20)10-14(12)19/h6-7,10,15H,3-5,8-9H2,1-2H3/t15-/m0/s1. The summed E-state index contributed by atoms with van der Waals surface area (Å²) in [7, 11) is 0. The average molecular weight is 351 g/mol. The molecular weight excluding hydrogens is 331 g/mol. The lowest BCUT2D eigenvalue weighted by atomic mass is 10.0. The van der Waals surface area contributed by atoms with Gasteiger partial charge in [-0.05, 0) is 37.5 Å². The molecule has 0 saturated carbocycles. The Labute approximate surface area is 145 Å². The van der Waals surface area contributed by atoms with Crippen LogP contribution in [-0.4, -0.2) is 22.5 Å². The summed E-state index contributed by atoms with van der Waals surface area (Å²) in [5, 5.41) is 4.34. The van der Waals surface area contributed by atoms with Gasteiger partial charge >= 0.3 is 0 Å². The van der Waals surface area contributed by atoms with Gasteiger partial charge in [0.15, 0.2) is 0 Å². The van der Waals surface area contributed by atoms with Crippen molar-refractivity contribution in [1.82, 2.24) is 10.1 Å². The van der Waals surface area contributed by atoms with Crippen molar-refractivity contribution in [3.63, 3.8) is 0 Å². The van der Waals surface area contributed by atoms with E-state index in [9.17, 15) is 9.18 Å². The van der Waals surface area contributed by atoms with E-state index in [0.717, 1.165) is 36.3 Å². The van der Waals surface area contributed by atoms with Crippen molar-refractivity contribution in [3.05, 3.63) is 51.6 Å². The van der Waals surface area contributed by atoms with E-state index in [4.69, 9.17) is 16.1 Å². The fourth-order valence-electron chi connectivity index (χ4n) is 3.40. The Balaban J connectivity index is 1.82. The molecule has 1 amide bonds. The number of hydrogen-bond acceptors (Lipinski definition) is 3. The first-order valence-electron chi connectivity index (χ1n) is 8.19. The Morgan fingerprint density at radius 1 is 1.50 bits per heavy atom. The molecule has 1 aliphatic rings. The molecule has 6 heteroatoms. The molecular formula is C18H20ClFN2O2. The van der Waals surface area contributed by atoms with Crippen molar-refractivity contribution in [1.29, 1.82) is 0 Å². The summed E-state index contributed by atoms with van der Waals surface area (Å²) < 4.78 is 18.5. The number of benzene rings is 1. The molecule has 128 valence electrons. The summed E-state index contributed by atoms with van der Waals surface area (Å²) in [6.45, 7) is 4.63. The van der Waals surface area contributed by atoms with E-state index in [0.29, 0.717) is 12.1 Å². The fraction of sp³-hybridized carbons (Fsp3) is 0.444. The van der Waals surface area contributed by atoms with Crippen LogP contribution in [0.2, 0.25) is 5.02 Å². The highest BCUT2D eigenvalue weighted by molar-refractivity contribution is 6.31. The minimum Gasteiger partial charge on any atom is -0.361 e. The third-order valence-corrected chi connectivity index (χ3v) is 4.92. The first-order valence-corrected chi connectivity index (χ1v) is 8.57. The lowest BCUT2D eigenvalue weighted by molar-refractivity contribution is -0.131. The van der Waals surface area contributed by atoms with Crippen LogP contribution >= 0.6 is 11.6 Å². The number of amides is 1. The molecule has 0 spiro atoms. The van der Waals surface area contributed by atoms with E-state index in [-0.39, 0.29) is 23.4 Å². The normalized spacial score (nSPS) is 17.5. The van der Waals surface area contributed by atoms with E-state index in [2.05, 4.69) is 5.16 Å². The van der Waals surface area contributed by atoms with Crippen molar-refractivity contribution < 1.29 is 13.7 Å². The van der Waals surface area contributed by atoms with Gasteiger partial charge in [0.25, 0.3) is 0 Å². The minimum absolute atomic E-state index is 0.00192. The first kappa shape index (κ1) is 17.0. The quantitative estimate of drug-likeness (QED) is 0.828. The zero-order valence-corrected chi connectivity index (χ0v) is 14.6. The van der Waals surface area contributed by atoms with Crippen LogP contribution in [-0.2, 0) is 17.6 Å². The Hall–Kier alpha value is -1.88. The van der Waals surface area contributed by atoms with E-state index in [1.54, 1.807) is 6.07 Å². The number of likely N-dealkylation sites (tertiary alicyclic amines) is 1. The van der Waals surface area contributed by atoms with Crippen LogP contribution < -0.4 is 0 Å². The van der Waals surface area contributed by atoms with Gasteiger partial charge in [-0.2, -0.15) is 0 Å². The van der Waals surface area contributed by atoms with E-state index in [1.165, 1.54) is 12.1 Å². The zero-order valence-electron chi connectivity index (χ0n) is 13.8. The van der Waals surface area contributed by atoms with Gasteiger partial charge in [-0.1, -0.05) is 29.7 Å². The summed E-state index contributed by atoms with van der Waals surface area (Å²) in [6, 6.07) is 4.14. The molecule has 1 aromatic carbocycles. The van der Waals surface area contributed by atoms with Gasteiger partial charge in [0.1, 0.15) is 11.6 Å². The molecule has 3 rings (SSSR count). The predicted octanol–water partition coefficient (Wildman–Crippen LogP) is 4.24. The van der Waals surface area contributed by atoms with Crippen molar-refractivity contribution in [3.8, 4) is 0 Å². The molecule has 1 atom stereocenters. The SMILES string of the molecule is CCc1onc(C)c1[C@@H]1CCCN1C(=O)Cc1ccc(F)cc1Cl. The van der Waals surface area contributed by atoms with Crippen LogP contribution in [0.25, 0.3) is 0 Å². The molecule has 1 aromatic heterocycles. The maximum atomic E-state index is 13.2. The molecule has 2 aromatic rings. The lowest BCUT2D eigenvalue weighted by Gasteiger charge is -2.25. The molecule has 1 aliphatic heterocycles. The topological polar surface area (TPSA) is 46.3 Å². The maximum Gasteiger partial charge on any atom is 0.227 e. The van der Waals surface area contributed by atoms with Crippen LogP contribution in [0.3, 0.4) is 0 Å². The maximum absolute atomic E-state index is 13.2. The third-order valence-electron chi connectivity index (χ3n) is 4.57. The summed E-state index contributed by atoms with van der Waals surface area (Å²) in [5.41, 5.74) is 2.52. The van der Waals surface area contributed by atoms with Crippen molar-refractivity contribution in [2.24, 2.45) is 0 Å². The molecule has 4 nitrogen and oxygen atoms in total. The van der Waals surface area contributed by atoms with E-state index >= 15 is 0 Å². The number of carbonyl (C=O) groups excluding carboxylic acids is 1. The smallest absolute Gasteiger partial charge is 0.227 e. The summed E-state index contributed by atoms with van der Waals surface area (Å²) in [6.07, 6.45) is 2.76. The van der Waals surface area contributed by atoms with Gasteiger partial charge in [0.05, 0.1) is 18.2 Å². The molecule has 0 aliphatic carbocycles. The highest BCUT2D eigenvalue weighted by atomic mass is 35.5. The van der Waals surface area contributed by atoms with Gasteiger partial charge in [0, 0.05) is 23.6 Å². The van der Waals surface area contributed by atoms with Crippen LogP contribution in [0, 0.1) is 12.7 Å². The first-order chi connectivity index (χ1) is 11.5. The largest absolute Gasteiger partial charge is 0.361 e. The fourth-order valence-corrected chi connectivity index (χ4v) is 3.63. The van der Waals surface area contributed by atoms with Gasteiger partial charge in [0.2, 0.25) is 5.91 Å². The molecule has 1 fully saturated rings. The van der Waals surface area contributed by atoms with Crippen molar-refractivity contribution in [2.75, 3.05) is 6.54 Å². The third kappa shape index (κ3) is 3.18.